The van der Waals surface area contributed by atoms with E-state index >= 15 is 0 Å². The summed E-state index contributed by atoms with van der Waals surface area (Å²) in [5.41, 5.74) is 0.312. The van der Waals surface area contributed by atoms with Crippen LogP contribution in [0.15, 0.2) is 0 Å². The second-order valence-electron chi connectivity index (χ2n) is 6.56. The minimum atomic E-state index is 0.312. The van der Waals surface area contributed by atoms with Gasteiger partial charge >= 0.3 is 0 Å². The smallest absolute Gasteiger partial charge is 0.0708 e. The second-order valence-corrected chi connectivity index (χ2v) is 6.56. The molecule has 1 heterocycles. The number of hydrogen-bond donors (Lipinski definition) is 1. The van der Waals surface area contributed by atoms with Gasteiger partial charge in [-0.25, -0.2) is 0 Å². The van der Waals surface area contributed by atoms with Crippen LogP contribution in [0.4, 0.5) is 0 Å². The van der Waals surface area contributed by atoms with Crippen LogP contribution in [-0.2, 0) is 4.74 Å². The summed E-state index contributed by atoms with van der Waals surface area (Å²) in [6.45, 7) is 3.43. The summed E-state index contributed by atoms with van der Waals surface area (Å²) in [6.07, 6.45) is 12.8. The van der Waals surface area contributed by atoms with Crippen LogP contribution in [0.2, 0.25) is 0 Å². The lowest BCUT2D eigenvalue weighted by molar-refractivity contribution is -0.0366. The van der Waals surface area contributed by atoms with Crippen molar-refractivity contribution in [2.24, 2.45) is 5.92 Å². The SMILES string of the molecule is CC(NCC1CCC2(CCCC2)O1)C1CCC1. The molecular formula is C15H27NO. The van der Waals surface area contributed by atoms with E-state index in [0.29, 0.717) is 17.7 Å². The highest BCUT2D eigenvalue weighted by molar-refractivity contribution is 4.93. The average molecular weight is 237 g/mol. The van der Waals surface area contributed by atoms with Crippen LogP contribution in [0.5, 0.6) is 0 Å². The average Bonchev–Trinajstić information content (AvgIpc) is 2.85. The van der Waals surface area contributed by atoms with E-state index < -0.39 is 0 Å². The fourth-order valence-electron chi connectivity index (χ4n) is 3.85. The number of ether oxygens (including phenoxy) is 1. The molecule has 2 nitrogen and oxygen atoms in total. The van der Waals surface area contributed by atoms with Crippen LogP contribution in [0.3, 0.4) is 0 Å². The summed E-state index contributed by atoms with van der Waals surface area (Å²) in [5, 5.41) is 3.71. The number of hydrogen-bond acceptors (Lipinski definition) is 2. The second kappa shape index (κ2) is 4.89. The summed E-state index contributed by atoms with van der Waals surface area (Å²) in [4.78, 5) is 0. The summed E-state index contributed by atoms with van der Waals surface area (Å²) in [6, 6.07) is 0.701. The maximum Gasteiger partial charge on any atom is 0.0708 e. The Hall–Kier alpha value is -0.0800. The minimum absolute atomic E-state index is 0.312. The third-order valence-electron chi connectivity index (χ3n) is 5.38. The molecule has 0 aromatic carbocycles. The summed E-state index contributed by atoms with van der Waals surface area (Å²) < 4.78 is 6.33. The largest absolute Gasteiger partial charge is 0.370 e. The predicted molar refractivity (Wildman–Crippen MR) is 70.1 cm³/mol. The van der Waals surface area contributed by atoms with Gasteiger partial charge in [0.05, 0.1) is 11.7 Å². The van der Waals surface area contributed by atoms with Crippen molar-refractivity contribution in [3.8, 4) is 0 Å². The molecule has 0 aromatic heterocycles. The van der Waals surface area contributed by atoms with E-state index in [9.17, 15) is 0 Å². The molecular weight excluding hydrogens is 210 g/mol. The predicted octanol–water partition coefficient (Wildman–Crippen LogP) is 3.26. The summed E-state index contributed by atoms with van der Waals surface area (Å²) in [5.74, 6) is 0.942. The molecule has 2 atom stereocenters. The zero-order chi connectivity index (χ0) is 11.7. The molecule has 0 aromatic rings. The highest BCUT2D eigenvalue weighted by atomic mass is 16.5. The first-order valence-electron chi connectivity index (χ1n) is 7.69. The zero-order valence-electron chi connectivity index (χ0n) is 11.2. The van der Waals surface area contributed by atoms with E-state index in [1.165, 1.54) is 57.8 Å². The molecule has 3 fully saturated rings. The van der Waals surface area contributed by atoms with Crippen molar-refractivity contribution < 1.29 is 4.74 Å². The van der Waals surface area contributed by atoms with E-state index in [1.54, 1.807) is 0 Å². The lowest BCUT2D eigenvalue weighted by Gasteiger charge is -2.33. The van der Waals surface area contributed by atoms with Gasteiger partial charge in [-0.3, -0.25) is 0 Å². The lowest BCUT2D eigenvalue weighted by Crippen LogP contribution is -2.41. The lowest BCUT2D eigenvalue weighted by atomic mass is 9.80. The minimum Gasteiger partial charge on any atom is -0.370 e. The Morgan fingerprint density at radius 1 is 1.12 bits per heavy atom. The van der Waals surface area contributed by atoms with Gasteiger partial charge in [0.15, 0.2) is 0 Å². The van der Waals surface area contributed by atoms with Gasteiger partial charge in [0.25, 0.3) is 0 Å². The van der Waals surface area contributed by atoms with E-state index in [-0.39, 0.29) is 0 Å². The molecule has 1 spiro atoms. The third-order valence-corrected chi connectivity index (χ3v) is 5.38. The molecule has 2 saturated carbocycles. The van der Waals surface area contributed by atoms with Crippen molar-refractivity contribution in [3.05, 3.63) is 0 Å². The highest BCUT2D eigenvalue weighted by Crippen LogP contribution is 2.43. The first kappa shape index (κ1) is 12.0. The Morgan fingerprint density at radius 2 is 1.88 bits per heavy atom. The molecule has 2 aliphatic carbocycles. The molecule has 0 bridgehead atoms. The zero-order valence-corrected chi connectivity index (χ0v) is 11.2. The topological polar surface area (TPSA) is 21.3 Å². The Morgan fingerprint density at radius 3 is 2.53 bits per heavy atom. The Bertz CT molecular complexity index is 256. The molecule has 1 N–H and O–H groups in total. The normalized spacial score (nSPS) is 34.1. The van der Waals surface area contributed by atoms with E-state index in [2.05, 4.69) is 12.2 Å². The standard InChI is InChI=1S/C15H27NO/c1-12(13-5-4-6-13)16-11-14-7-10-15(17-14)8-2-3-9-15/h12-14,16H,2-11H2,1H3. The van der Waals surface area contributed by atoms with Crippen LogP contribution in [0, 0.1) is 5.92 Å². The van der Waals surface area contributed by atoms with Crippen molar-refractivity contribution in [3.63, 3.8) is 0 Å². The molecule has 2 unspecified atom stereocenters. The van der Waals surface area contributed by atoms with Gasteiger partial charge < -0.3 is 10.1 Å². The fraction of sp³-hybridized carbons (Fsp3) is 1.00. The van der Waals surface area contributed by atoms with Gasteiger partial charge in [-0.15, -0.1) is 0 Å². The van der Waals surface area contributed by atoms with Gasteiger partial charge in [0.2, 0.25) is 0 Å². The van der Waals surface area contributed by atoms with Crippen LogP contribution < -0.4 is 5.32 Å². The molecule has 98 valence electrons. The number of nitrogens with one attached hydrogen (secondary N) is 1. The Balaban J connectivity index is 1.41. The maximum absolute atomic E-state index is 6.33. The summed E-state index contributed by atoms with van der Waals surface area (Å²) >= 11 is 0. The van der Waals surface area contributed by atoms with Crippen molar-refractivity contribution >= 4 is 0 Å². The third kappa shape index (κ3) is 2.53. The van der Waals surface area contributed by atoms with Crippen molar-refractivity contribution in [2.45, 2.75) is 82.5 Å². The molecule has 1 aliphatic heterocycles. The molecule has 3 aliphatic rings. The molecule has 3 rings (SSSR count). The van der Waals surface area contributed by atoms with Crippen LogP contribution in [0.1, 0.15) is 64.7 Å². The first-order valence-corrected chi connectivity index (χ1v) is 7.69. The first-order chi connectivity index (χ1) is 8.27. The van der Waals surface area contributed by atoms with Crippen LogP contribution in [-0.4, -0.2) is 24.3 Å². The van der Waals surface area contributed by atoms with Crippen molar-refractivity contribution in [2.75, 3.05) is 6.54 Å². The number of rotatable bonds is 4. The molecule has 2 heteroatoms. The van der Waals surface area contributed by atoms with Gasteiger partial charge in [-0.05, 0) is 51.4 Å². The van der Waals surface area contributed by atoms with Crippen LogP contribution >= 0.6 is 0 Å². The Labute approximate surface area is 105 Å². The van der Waals surface area contributed by atoms with Gasteiger partial charge in [0, 0.05) is 12.6 Å². The highest BCUT2D eigenvalue weighted by Gasteiger charge is 2.42. The van der Waals surface area contributed by atoms with Gasteiger partial charge in [-0.1, -0.05) is 19.3 Å². The van der Waals surface area contributed by atoms with E-state index in [0.717, 1.165) is 12.5 Å². The Kier molecular flexibility index (Phi) is 3.45. The maximum atomic E-state index is 6.33. The molecule has 17 heavy (non-hydrogen) atoms. The fourth-order valence-corrected chi connectivity index (χ4v) is 3.85. The van der Waals surface area contributed by atoms with Gasteiger partial charge in [0.1, 0.15) is 0 Å². The summed E-state index contributed by atoms with van der Waals surface area (Å²) in [7, 11) is 0. The van der Waals surface area contributed by atoms with Crippen LogP contribution in [0.25, 0.3) is 0 Å². The molecule has 0 radical (unpaired) electrons. The monoisotopic (exact) mass is 237 g/mol. The van der Waals surface area contributed by atoms with E-state index in [4.69, 9.17) is 4.74 Å². The van der Waals surface area contributed by atoms with Crippen molar-refractivity contribution in [1.29, 1.82) is 0 Å². The van der Waals surface area contributed by atoms with E-state index in [1.807, 2.05) is 0 Å². The molecule has 1 saturated heterocycles. The van der Waals surface area contributed by atoms with Crippen molar-refractivity contribution in [1.82, 2.24) is 5.32 Å². The quantitative estimate of drug-likeness (QED) is 0.810. The molecule has 0 amide bonds. The van der Waals surface area contributed by atoms with Gasteiger partial charge in [-0.2, -0.15) is 0 Å².